The molecule has 0 aromatic heterocycles. The fourth-order valence-electron chi connectivity index (χ4n) is 4.40. The molecule has 4 rings (SSSR count). The van der Waals surface area contributed by atoms with E-state index >= 15 is 0 Å². The molecule has 1 N–H and O–H groups in total. The van der Waals surface area contributed by atoms with Gasteiger partial charge >= 0.3 is 0 Å². The molecule has 0 saturated carbocycles. The van der Waals surface area contributed by atoms with Crippen molar-refractivity contribution in [2.75, 3.05) is 6.61 Å². The summed E-state index contributed by atoms with van der Waals surface area (Å²) in [6.07, 6.45) is 0.783. The third-order valence-corrected chi connectivity index (χ3v) is 6.32. The highest BCUT2D eigenvalue weighted by Gasteiger charge is 2.42. The molecule has 3 aromatic carbocycles. The van der Waals surface area contributed by atoms with Crippen LogP contribution in [0.3, 0.4) is 0 Å². The number of rotatable bonds is 6. The number of phenolic OH excluding ortho intramolecular Hbond substituents is 1. The first-order valence-corrected chi connectivity index (χ1v) is 12.8. The Morgan fingerprint density at radius 2 is 1.51 bits per heavy atom. The second kappa shape index (κ2) is 12.4. The highest BCUT2D eigenvalue weighted by atomic mass is 16.5. The quantitative estimate of drug-likeness (QED) is 0.362. The van der Waals surface area contributed by atoms with Gasteiger partial charge in [0.1, 0.15) is 23.0 Å². The van der Waals surface area contributed by atoms with Gasteiger partial charge in [-0.25, -0.2) is 0 Å². The number of ketones is 1. The van der Waals surface area contributed by atoms with E-state index in [0.29, 0.717) is 18.1 Å². The standard InChI is InChI=1S/C27H28O4.2C2H6/c1-5-17(3)26(29)20-9-7-8-10-21(20)27(4)22-13-11-18(28)15-24(22)31-25-16-19(30-6-2)12-14-23(25)27;2*1-2/h7-17,28H,5-6H2,1-4H3;2*1-2H3. The Morgan fingerprint density at radius 3 is 2.14 bits per heavy atom. The Bertz CT molecular complexity index is 1130. The lowest BCUT2D eigenvalue weighted by molar-refractivity contribution is 0.0925. The van der Waals surface area contributed by atoms with Crippen molar-refractivity contribution in [2.24, 2.45) is 5.92 Å². The molecule has 0 aliphatic carbocycles. The number of fused-ring (bicyclic) bond motifs is 2. The maximum absolute atomic E-state index is 13.3. The third-order valence-electron chi connectivity index (χ3n) is 6.32. The number of benzene rings is 3. The van der Waals surface area contributed by atoms with E-state index in [0.717, 1.165) is 34.4 Å². The summed E-state index contributed by atoms with van der Waals surface area (Å²) in [5.41, 5.74) is 2.88. The molecule has 1 heterocycles. The van der Waals surface area contributed by atoms with E-state index in [1.807, 2.05) is 97.0 Å². The Balaban J connectivity index is 0.00000103. The molecule has 4 nitrogen and oxygen atoms in total. The van der Waals surface area contributed by atoms with Gasteiger partial charge in [0.05, 0.1) is 12.0 Å². The molecule has 2 unspecified atom stereocenters. The first kappa shape index (κ1) is 28.0. The minimum absolute atomic E-state index is 0.0660. The molecule has 0 fully saturated rings. The highest BCUT2D eigenvalue weighted by Crippen LogP contribution is 2.53. The highest BCUT2D eigenvalue weighted by molar-refractivity contribution is 5.99. The van der Waals surface area contributed by atoms with E-state index in [1.165, 1.54) is 0 Å². The van der Waals surface area contributed by atoms with Crippen LogP contribution in [0.25, 0.3) is 0 Å². The molecule has 3 aromatic rings. The maximum atomic E-state index is 13.3. The Hall–Kier alpha value is -3.27. The number of aromatic hydroxyl groups is 1. The van der Waals surface area contributed by atoms with Gasteiger partial charge in [-0.15, -0.1) is 0 Å². The zero-order valence-electron chi connectivity index (χ0n) is 22.4. The van der Waals surface area contributed by atoms with Gasteiger partial charge in [-0.1, -0.05) is 77.9 Å². The predicted molar refractivity (Wildman–Crippen MR) is 144 cm³/mol. The maximum Gasteiger partial charge on any atom is 0.165 e. The summed E-state index contributed by atoms with van der Waals surface area (Å²) in [5, 5.41) is 10.1. The van der Waals surface area contributed by atoms with E-state index in [4.69, 9.17) is 9.47 Å². The number of hydrogen-bond acceptors (Lipinski definition) is 4. The SMILES string of the molecule is CC.CC.CCOc1ccc2c(c1)Oc1cc(O)ccc1C2(C)c1ccccc1C(=O)C(C)CC. The van der Waals surface area contributed by atoms with Crippen molar-refractivity contribution in [1.82, 2.24) is 0 Å². The van der Waals surface area contributed by atoms with E-state index in [1.54, 1.807) is 12.1 Å². The van der Waals surface area contributed by atoms with E-state index < -0.39 is 5.41 Å². The Morgan fingerprint density at radius 1 is 0.914 bits per heavy atom. The van der Waals surface area contributed by atoms with Crippen LogP contribution in [0.1, 0.15) is 88.9 Å². The topological polar surface area (TPSA) is 55.8 Å². The Kier molecular flexibility index (Phi) is 9.94. The first-order chi connectivity index (χ1) is 16.9. The summed E-state index contributed by atoms with van der Waals surface area (Å²) in [6, 6.07) is 18.8. The van der Waals surface area contributed by atoms with Gasteiger partial charge in [-0.3, -0.25) is 4.79 Å². The number of carbonyl (C=O) groups excluding carboxylic acids is 1. The number of ether oxygens (including phenoxy) is 2. The van der Waals surface area contributed by atoms with Crippen LogP contribution in [0, 0.1) is 5.92 Å². The van der Waals surface area contributed by atoms with Gasteiger partial charge in [-0.2, -0.15) is 0 Å². The minimum atomic E-state index is -0.638. The first-order valence-electron chi connectivity index (χ1n) is 12.8. The molecule has 0 amide bonds. The Labute approximate surface area is 210 Å². The zero-order chi connectivity index (χ0) is 26.2. The van der Waals surface area contributed by atoms with Gasteiger partial charge < -0.3 is 14.6 Å². The summed E-state index contributed by atoms with van der Waals surface area (Å²) in [4.78, 5) is 13.3. The minimum Gasteiger partial charge on any atom is -0.508 e. The van der Waals surface area contributed by atoms with Crippen molar-refractivity contribution in [3.8, 4) is 23.0 Å². The lowest BCUT2D eigenvalue weighted by atomic mass is 9.67. The summed E-state index contributed by atoms with van der Waals surface area (Å²) in [6.45, 7) is 16.6. The van der Waals surface area contributed by atoms with Crippen LogP contribution in [0.2, 0.25) is 0 Å². The summed E-state index contributed by atoms with van der Waals surface area (Å²) in [7, 11) is 0. The zero-order valence-corrected chi connectivity index (χ0v) is 22.4. The predicted octanol–water partition coefficient (Wildman–Crippen LogP) is 8.53. The average molecular weight is 477 g/mol. The number of carbonyl (C=O) groups is 1. The fraction of sp³-hybridized carbons (Fsp3) is 0.387. The van der Waals surface area contributed by atoms with Gasteiger partial charge in [-0.05, 0) is 38.0 Å². The lowest BCUT2D eigenvalue weighted by Crippen LogP contribution is -2.32. The van der Waals surface area contributed by atoms with Crippen LogP contribution in [0.5, 0.6) is 23.0 Å². The smallest absolute Gasteiger partial charge is 0.165 e. The van der Waals surface area contributed by atoms with Crippen LogP contribution in [0.15, 0.2) is 60.7 Å². The number of Topliss-reactive ketones (excluding diaryl/α,β-unsaturated/α-hetero) is 1. The molecule has 0 radical (unpaired) electrons. The summed E-state index contributed by atoms with van der Waals surface area (Å²) in [5.74, 6) is 2.17. The molecule has 0 saturated heterocycles. The summed E-state index contributed by atoms with van der Waals surface area (Å²) >= 11 is 0. The van der Waals surface area contributed by atoms with Crippen LogP contribution in [0.4, 0.5) is 0 Å². The third kappa shape index (κ3) is 5.37. The molecule has 1 aliphatic heterocycles. The second-order valence-electron chi connectivity index (χ2n) is 8.22. The molecule has 35 heavy (non-hydrogen) atoms. The largest absolute Gasteiger partial charge is 0.508 e. The van der Waals surface area contributed by atoms with Crippen molar-refractivity contribution >= 4 is 5.78 Å². The van der Waals surface area contributed by atoms with E-state index in [2.05, 4.69) is 6.92 Å². The van der Waals surface area contributed by atoms with Gasteiger partial charge in [0.15, 0.2) is 5.78 Å². The molecule has 2 atom stereocenters. The normalized spacial score (nSPS) is 16.1. The molecule has 4 heteroatoms. The van der Waals surface area contributed by atoms with Gasteiger partial charge in [0.25, 0.3) is 0 Å². The molecule has 0 bridgehead atoms. The monoisotopic (exact) mass is 476 g/mol. The van der Waals surface area contributed by atoms with Gasteiger partial charge in [0.2, 0.25) is 0 Å². The number of phenols is 1. The molecule has 0 spiro atoms. The summed E-state index contributed by atoms with van der Waals surface area (Å²) < 4.78 is 11.9. The van der Waals surface area contributed by atoms with Crippen molar-refractivity contribution in [1.29, 1.82) is 0 Å². The molecular weight excluding hydrogens is 436 g/mol. The molecule has 1 aliphatic rings. The van der Waals surface area contributed by atoms with Crippen LogP contribution in [-0.4, -0.2) is 17.5 Å². The fourth-order valence-corrected chi connectivity index (χ4v) is 4.40. The van der Waals surface area contributed by atoms with Crippen LogP contribution < -0.4 is 9.47 Å². The molecular formula is C31H40O4. The van der Waals surface area contributed by atoms with Crippen molar-refractivity contribution in [3.63, 3.8) is 0 Å². The van der Waals surface area contributed by atoms with E-state index in [9.17, 15) is 9.90 Å². The van der Waals surface area contributed by atoms with Crippen molar-refractivity contribution in [3.05, 3.63) is 82.9 Å². The van der Waals surface area contributed by atoms with Gasteiger partial charge in [0, 0.05) is 34.7 Å². The number of hydrogen-bond donors (Lipinski definition) is 1. The second-order valence-corrected chi connectivity index (χ2v) is 8.22. The van der Waals surface area contributed by atoms with E-state index in [-0.39, 0.29) is 17.5 Å². The molecule has 188 valence electrons. The van der Waals surface area contributed by atoms with Crippen LogP contribution in [-0.2, 0) is 5.41 Å². The average Bonchev–Trinajstić information content (AvgIpc) is 2.90. The van der Waals surface area contributed by atoms with Crippen molar-refractivity contribution < 1.29 is 19.4 Å². The lowest BCUT2D eigenvalue weighted by Gasteiger charge is -2.39. The van der Waals surface area contributed by atoms with Crippen LogP contribution >= 0.6 is 0 Å². The van der Waals surface area contributed by atoms with Crippen molar-refractivity contribution in [2.45, 2.75) is 67.2 Å².